The normalized spacial score (nSPS) is 11.7. The van der Waals surface area contributed by atoms with Gasteiger partial charge >= 0.3 is 17.1 Å². The maximum atomic E-state index is 11.9. The van der Waals surface area contributed by atoms with Crippen molar-refractivity contribution in [2.75, 3.05) is 0 Å². The number of rotatable bonds is 3. The Morgan fingerprint density at radius 2 is 1.67 bits per heavy atom. The molecule has 0 unspecified atom stereocenters. The summed E-state index contributed by atoms with van der Waals surface area (Å²) in [4.78, 5) is 39.1. The van der Waals surface area contributed by atoms with E-state index >= 15 is 0 Å². The minimum Gasteiger partial charge on any atom is -0.507 e. The van der Waals surface area contributed by atoms with Crippen molar-refractivity contribution in [3.8, 4) is 5.75 Å². The first-order valence-corrected chi connectivity index (χ1v) is 7.84. The lowest BCUT2D eigenvalue weighted by atomic mass is 9.82. The Balaban J connectivity index is 2.69. The molecule has 0 aliphatic heterocycles. The number of aromatic hydroxyl groups is 1. The molecule has 0 atom stereocenters. The summed E-state index contributed by atoms with van der Waals surface area (Å²) in [6.07, 6.45) is 0.690. The van der Waals surface area contributed by atoms with Crippen molar-refractivity contribution in [2.24, 2.45) is 0 Å². The molecule has 0 spiro atoms. The molecule has 24 heavy (non-hydrogen) atoms. The molecule has 1 aromatic carbocycles. The second kappa shape index (κ2) is 6.14. The number of aromatic nitrogens is 3. The lowest BCUT2D eigenvalue weighted by molar-refractivity contribution is 0.440. The third-order valence-corrected chi connectivity index (χ3v) is 4.21. The summed E-state index contributed by atoms with van der Waals surface area (Å²) in [5.41, 5.74) is 0.508. The van der Waals surface area contributed by atoms with E-state index in [1.54, 1.807) is 6.92 Å². The number of aryl methyl sites for hydroxylation is 1. The SMILES string of the molecule is CCc1cc(C(C)(C)C)c(O)c(C)c1Cn1c(=O)[nH]c(=O)[nH]c1=O. The van der Waals surface area contributed by atoms with E-state index < -0.39 is 17.1 Å². The highest BCUT2D eigenvalue weighted by Gasteiger charge is 2.23. The lowest BCUT2D eigenvalue weighted by Gasteiger charge is -2.25. The number of nitrogens with one attached hydrogen (secondary N) is 2. The van der Waals surface area contributed by atoms with E-state index in [0.717, 1.165) is 15.7 Å². The average Bonchev–Trinajstić information content (AvgIpc) is 2.45. The van der Waals surface area contributed by atoms with Gasteiger partial charge in [-0.15, -0.1) is 0 Å². The standard InChI is InChI=1S/C17H23N3O4/c1-6-10-7-12(17(3,4)5)13(21)9(2)11(10)8-20-15(23)18-14(22)19-16(20)24/h7,21H,6,8H2,1-5H3,(H2,18,19,22,23,24). The number of phenols is 1. The molecule has 0 aliphatic carbocycles. The Morgan fingerprint density at radius 1 is 1.12 bits per heavy atom. The molecule has 7 heteroatoms. The Labute approximate surface area is 139 Å². The third-order valence-electron chi connectivity index (χ3n) is 4.21. The third kappa shape index (κ3) is 3.20. The number of benzene rings is 1. The van der Waals surface area contributed by atoms with E-state index in [9.17, 15) is 19.5 Å². The highest BCUT2D eigenvalue weighted by Crippen LogP contribution is 2.36. The molecule has 1 heterocycles. The molecular formula is C17H23N3O4. The fourth-order valence-corrected chi connectivity index (χ4v) is 2.78. The first-order valence-electron chi connectivity index (χ1n) is 7.84. The molecule has 0 bridgehead atoms. The van der Waals surface area contributed by atoms with Crippen molar-refractivity contribution in [3.63, 3.8) is 0 Å². The summed E-state index contributed by atoms with van der Waals surface area (Å²) in [7, 11) is 0. The van der Waals surface area contributed by atoms with Crippen molar-refractivity contribution in [3.05, 3.63) is 59.8 Å². The molecule has 0 amide bonds. The predicted molar refractivity (Wildman–Crippen MR) is 92.0 cm³/mol. The van der Waals surface area contributed by atoms with Gasteiger partial charge in [-0.25, -0.2) is 19.0 Å². The lowest BCUT2D eigenvalue weighted by Crippen LogP contribution is -2.43. The van der Waals surface area contributed by atoms with Crippen LogP contribution >= 0.6 is 0 Å². The molecule has 0 aliphatic rings. The molecule has 0 saturated heterocycles. The van der Waals surface area contributed by atoms with E-state index in [2.05, 4.69) is 0 Å². The first-order chi connectivity index (χ1) is 11.1. The van der Waals surface area contributed by atoms with Gasteiger partial charge in [-0.05, 0) is 41.0 Å². The van der Waals surface area contributed by atoms with E-state index in [1.807, 2.05) is 43.7 Å². The van der Waals surface area contributed by atoms with Crippen LogP contribution in [0.15, 0.2) is 20.4 Å². The van der Waals surface area contributed by atoms with Crippen molar-refractivity contribution < 1.29 is 5.11 Å². The van der Waals surface area contributed by atoms with Gasteiger partial charge in [0.2, 0.25) is 0 Å². The fourth-order valence-electron chi connectivity index (χ4n) is 2.78. The molecule has 3 N–H and O–H groups in total. The van der Waals surface area contributed by atoms with Crippen molar-refractivity contribution >= 4 is 0 Å². The number of nitrogens with zero attached hydrogens (tertiary/aromatic N) is 1. The van der Waals surface area contributed by atoms with Gasteiger partial charge in [0, 0.05) is 0 Å². The number of H-pyrrole nitrogens is 2. The van der Waals surface area contributed by atoms with Crippen LogP contribution in [0.3, 0.4) is 0 Å². The van der Waals surface area contributed by atoms with Gasteiger partial charge in [0.25, 0.3) is 0 Å². The minimum absolute atomic E-state index is 0.0159. The molecule has 0 saturated carbocycles. The molecular weight excluding hydrogens is 310 g/mol. The van der Waals surface area contributed by atoms with Crippen LogP contribution in [0.25, 0.3) is 0 Å². The molecule has 2 rings (SSSR count). The molecule has 130 valence electrons. The number of aromatic amines is 2. The Morgan fingerprint density at radius 3 is 2.12 bits per heavy atom. The van der Waals surface area contributed by atoms with Gasteiger partial charge in [0.15, 0.2) is 0 Å². The van der Waals surface area contributed by atoms with Gasteiger partial charge in [-0.1, -0.05) is 33.8 Å². The Bertz CT molecular complexity index is 908. The smallest absolute Gasteiger partial charge is 0.333 e. The summed E-state index contributed by atoms with van der Waals surface area (Å²) < 4.78 is 0.916. The highest BCUT2D eigenvalue weighted by molar-refractivity contribution is 5.51. The quantitative estimate of drug-likeness (QED) is 0.783. The van der Waals surface area contributed by atoms with Crippen LogP contribution < -0.4 is 17.1 Å². The van der Waals surface area contributed by atoms with Gasteiger partial charge < -0.3 is 5.11 Å². The van der Waals surface area contributed by atoms with Crippen molar-refractivity contribution in [1.82, 2.24) is 14.5 Å². The van der Waals surface area contributed by atoms with Crippen LogP contribution in [0.5, 0.6) is 5.75 Å². The van der Waals surface area contributed by atoms with Gasteiger partial charge in [0.05, 0.1) is 6.54 Å². The van der Waals surface area contributed by atoms with Crippen LogP contribution in [-0.2, 0) is 18.4 Å². The van der Waals surface area contributed by atoms with Crippen molar-refractivity contribution in [1.29, 1.82) is 0 Å². The summed E-state index contributed by atoms with van der Waals surface area (Å²) in [6, 6.07) is 1.92. The van der Waals surface area contributed by atoms with E-state index in [0.29, 0.717) is 17.5 Å². The zero-order valence-electron chi connectivity index (χ0n) is 14.6. The first kappa shape index (κ1) is 17.8. The molecule has 7 nitrogen and oxygen atoms in total. The highest BCUT2D eigenvalue weighted by atomic mass is 16.3. The predicted octanol–water partition coefficient (Wildman–Crippen LogP) is 1.15. The summed E-state index contributed by atoms with van der Waals surface area (Å²) in [5, 5.41) is 10.6. The van der Waals surface area contributed by atoms with Crippen LogP contribution in [-0.4, -0.2) is 19.6 Å². The summed E-state index contributed by atoms with van der Waals surface area (Å²) in [6.45, 7) is 9.76. The van der Waals surface area contributed by atoms with Crippen LogP contribution in [0.2, 0.25) is 0 Å². The second-order valence-corrected chi connectivity index (χ2v) is 6.91. The summed E-state index contributed by atoms with van der Waals surface area (Å²) in [5.74, 6) is 0.170. The Hall–Kier alpha value is -2.57. The van der Waals surface area contributed by atoms with E-state index in [4.69, 9.17) is 0 Å². The molecule has 0 fully saturated rings. The number of hydrogen-bond acceptors (Lipinski definition) is 4. The Kier molecular flexibility index (Phi) is 4.55. The van der Waals surface area contributed by atoms with Crippen LogP contribution in [0, 0.1) is 6.92 Å². The van der Waals surface area contributed by atoms with Gasteiger partial charge in [-0.2, -0.15) is 0 Å². The largest absolute Gasteiger partial charge is 0.507 e. The van der Waals surface area contributed by atoms with Gasteiger partial charge in [0.1, 0.15) is 5.75 Å². The maximum absolute atomic E-state index is 11.9. The topological polar surface area (TPSA) is 108 Å². The van der Waals surface area contributed by atoms with Crippen LogP contribution in [0.1, 0.15) is 49.9 Å². The average molecular weight is 333 g/mol. The van der Waals surface area contributed by atoms with E-state index in [-0.39, 0.29) is 17.7 Å². The maximum Gasteiger partial charge on any atom is 0.333 e. The minimum atomic E-state index is -0.834. The van der Waals surface area contributed by atoms with Gasteiger partial charge in [-0.3, -0.25) is 9.97 Å². The number of phenolic OH excluding ortho intramolecular Hbond substituents is 1. The zero-order valence-corrected chi connectivity index (χ0v) is 14.6. The van der Waals surface area contributed by atoms with Crippen LogP contribution in [0.4, 0.5) is 0 Å². The molecule has 1 aromatic heterocycles. The van der Waals surface area contributed by atoms with E-state index in [1.165, 1.54) is 0 Å². The fraction of sp³-hybridized carbons (Fsp3) is 0.471. The molecule has 0 radical (unpaired) electrons. The molecule has 2 aromatic rings. The summed E-state index contributed by atoms with van der Waals surface area (Å²) >= 11 is 0. The van der Waals surface area contributed by atoms with Crippen molar-refractivity contribution in [2.45, 2.75) is 53.0 Å². The monoisotopic (exact) mass is 333 g/mol. The number of hydrogen-bond donors (Lipinski definition) is 3. The zero-order chi connectivity index (χ0) is 18.2. The second-order valence-electron chi connectivity index (χ2n) is 6.91.